The van der Waals surface area contributed by atoms with Gasteiger partial charge in [-0.05, 0) is 18.9 Å². The van der Waals surface area contributed by atoms with Crippen molar-refractivity contribution in [3.63, 3.8) is 0 Å². The number of hydrogen-bond acceptors (Lipinski definition) is 5. The van der Waals surface area contributed by atoms with Crippen molar-refractivity contribution in [1.82, 2.24) is 15.3 Å². The molecule has 1 aliphatic rings. The zero-order chi connectivity index (χ0) is 12.8. The minimum Gasteiger partial charge on any atom is -0.381 e. The summed E-state index contributed by atoms with van der Waals surface area (Å²) in [7, 11) is 0. The Bertz CT molecular complexity index is 449. The second kappa shape index (κ2) is 5.56. The molecule has 2 rings (SSSR count). The van der Waals surface area contributed by atoms with Crippen LogP contribution in [0.5, 0.6) is 0 Å². The summed E-state index contributed by atoms with van der Waals surface area (Å²) < 4.78 is 5.19. The Morgan fingerprint density at radius 3 is 2.94 bits per heavy atom. The molecule has 1 aromatic heterocycles. The highest BCUT2D eigenvalue weighted by molar-refractivity contribution is 5.85. The molecule has 0 aromatic carbocycles. The van der Waals surface area contributed by atoms with Crippen LogP contribution >= 0.6 is 0 Å². The number of hydrogen-bond donors (Lipinski definition) is 1. The first kappa shape index (κ1) is 12.5. The van der Waals surface area contributed by atoms with Crippen LogP contribution in [-0.4, -0.2) is 29.1 Å². The molecule has 1 aliphatic heterocycles. The Labute approximate surface area is 105 Å². The predicted octanol–water partition coefficient (Wildman–Crippen LogP) is 0.413. The summed E-state index contributed by atoms with van der Waals surface area (Å²) in [6.45, 7) is 1.22. The SMILES string of the molecule is N#CC1(C(=O)NCc2ccncn2)CCOCC1. The Kier molecular flexibility index (Phi) is 3.85. The van der Waals surface area contributed by atoms with Crippen molar-refractivity contribution >= 4 is 5.91 Å². The molecule has 0 aliphatic carbocycles. The highest BCUT2D eigenvalue weighted by Gasteiger charge is 2.40. The number of ether oxygens (including phenoxy) is 1. The van der Waals surface area contributed by atoms with Gasteiger partial charge in [-0.25, -0.2) is 9.97 Å². The van der Waals surface area contributed by atoms with Gasteiger partial charge in [0.25, 0.3) is 0 Å². The standard InChI is InChI=1S/C12H14N4O2/c13-8-12(2-5-18-6-3-12)11(17)15-7-10-1-4-14-9-16-10/h1,4,9H,2-3,5-7H2,(H,15,17). The summed E-state index contributed by atoms with van der Waals surface area (Å²) in [5.74, 6) is -0.244. The molecule has 0 unspecified atom stereocenters. The molecule has 1 N–H and O–H groups in total. The van der Waals surface area contributed by atoms with E-state index in [1.165, 1.54) is 6.33 Å². The van der Waals surface area contributed by atoms with Crippen LogP contribution in [0.1, 0.15) is 18.5 Å². The number of nitrogens with zero attached hydrogens (tertiary/aromatic N) is 3. The van der Waals surface area contributed by atoms with Crippen LogP contribution in [0, 0.1) is 16.7 Å². The van der Waals surface area contributed by atoms with Crippen LogP contribution < -0.4 is 5.32 Å². The summed E-state index contributed by atoms with van der Waals surface area (Å²) in [4.78, 5) is 19.9. The molecule has 6 heteroatoms. The van der Waals surface area contributed by atoms with Crippen LogP contribution in [0.25, 0.3) is 0 Å². The van der Waals surface area contributed by atoms with Gasteiger partial charge in [-0.1, -0.05) is 0 Å². The molecular weight excluding hydrogens is 232 g/mol. The van der Waals surface area contributed by atoms with E-state index in [4.69, 9.17) is 4.74 Å². The number of carbonyl (C=O) groups excluding carboxylic acids is 1. The van der Waals surface area contributed by atoms with E-state index < -0.39 is 5.41 Å². The molecule has 0 radical (unpaired) electrons. The topological polar surface area (TPSA) is 87.9 Å². The van der Waals surface area contributed by atoms with Gasteiger partial charge in [0.15, 0.2) is 0 Å². The van der Waals surface area contributed by atoms with E-state index in [0.717, 1.165) is 5.69 Å². The van der Waals surface area contributed by atoms with Crippen molar-refractivity contribution in [2.45, 2.75) is 19.4 Å². The van der Waals surface area contributed by atoms with Gasteiger partial charge >= 0.3 is 0 Å². The number of aromatic nitrogens is 2. The predicted molar refractivity (Wildman–Crippen MR) is 62.0 cm³/mol. The van der Waals surface area contributed by atoms with Gasteiger partial charge in [-0.3, -0.25) is 4.79 Å². The molecule has 1 amide bonds. The monoisotopic (exact) mass is 246 g/mol. The van der Waals surface area contributed by atoms with Gasteiger partial charge in [-0.15, -0.1) is 0 Å². The van der Waals surface area contributed by atoms with E-state index in [1.54, 1.807) is 12.3 Å². The Morgan fingerprint density at radius 1 is 1.56 bits per heavy atom. The molecule has 0 atom stereocenters. The van der Waals surface area contributed by atoms with E-state index in [-0.39, 0.29) is 5.91 Å². The van der Waals surface area contributed by atoms with E-state index >= 15 is 0 Å². The van der Waals surface area contributed by atoms with Crippen molar-refractivity contribution in [2.75, 3.05) is 13.2 Å². The molecule has 0 spiro atoms. The van der Waals surface area contributed by atoms with Crippen molar-refractivity contribution < 1.29 is 9.53 Å². The summed E-state index contributed by atoms with van der Waals surface area (Å²) in [6.07, 6.45) is 3.93. The fourth-order valence-electron chi connectivity index (χ4n) is 1.87. The molecule has 1 fully saturated rings. The molecule has 6 nitrogen and oxygen atoms in total. The third kappa shape index (κ3) is 2.63. The first-order chi connectivity index (χ1) is 8.77. The van der Waals surface area contributed by atoms with Crippen molar-refractivity contribution in [3.8, 4) is 6.07 Å². The molecule has 94 valence electrons. The largest absolute Gasteiger partial charge is 0.381 e. The van der Waals surface area contributed by atoms with Gasteiger partial charge < -0.3 is 10.1 Å². The smallest absolute Gasteiger partial charge is 0.240 e. The minimum atomic E-state index is -0.953. The van der Waals surface area contributed by atoms with Gasteiger partial charge in [-0.2, -0.15) is 5.26 Å². The van der Waals surface area contributed by atoms with Crippen molar-refractivity contribution in [2.24, 2.45) is 5.41 Å². The van der Waals surface area contributed by atoms with E-state index in [0.29, 0.717) is 32.6 Å². The van der Waals surface area contributed by atoms with Crippen LogP contribution in [0.15, 0.2) is 18.6 Å². The number of nitrogens with one attached hydrogen (secondary N) is 1. The Hall–Kier alpha value is -2.00. The average molecular weight is 246 g/mol. The summed E-state index contributed by atoms with van der Waals surface area (Å²) >= 11 is 0. The lowest BCUT2D eigenvalue weighted by Gasteiger charge is -2.29. The van der Waals surface area contributed by atoms with E-state index in [2.05, 4.69) is 21.4 Å². The number of amides is 1. The lowest BCUT2D eigenvalue weighted by molar-refractivity contribution is -0.132. The van der Waals surface area contributed by atoms with E-state index in [9.17, 15) is 10.1 Å². The summed E-state index contributed by atoms with van der Waals surface area (Å²) in [5, 5.41) is 12.0. The molecule has 1 aromatic rings. The van der Waals surface area contributed by atoms with Crippen LogP contribution in [0.4, 0.5) is 0 Å². The second-order valence-electron chi connectivity index (χ2n) is 4.19. The van der Waals surface area contributed by atoms with Crippen molar-refractivity contribution in [3.05, 3.63) is 24.3 Å². The summed E-state index contributed by atoms with van der Waals surface area (Å²) in [5.41, 5.74) is -0.232. The zero-order valence-electron chi connectivity index (χ0n) is 9.93. The van der Waals surface area contributed by atoms with E-state index in [1.807, 2.05) is 0 Å². The maximum atomic E-state index is 12.1. The quantitative estimate of drug-likeness (QED) is 0.834. The molecule has 2 heterocycles. The normalized spacial score (nSPS) is 17.7. The zero-order valence-corrected chi connectivity index (χ0v) is 9.93. The molecule has 1 saturated heterocycles. The fourth-order valence-corrected chi connectivity index (χ4v) is 1.87. The highest BCUT2D eigenvalue weighted by atomic mass is 16.5. The van der Waals surface area contributed by atoms with Gasteiger partial charge in [0.2, 0.25) is 5.91 Å². The van der Waals surface area contributed by atoms with Crippen LogP contribution in [0.3, 0.4) is 0 Å². The average Bonchev–Trinajstić information content (AvgIpc) is 2.46. The third-order valence-corrected chi connectivity index (χ3v) is 3.07. The fraction of sp³-hybridized carbons (Fsp3) is 0.500. The molecular formula is C12H14N4O2. The Balaban J connectivity index is 1.97. The van der Waals surface area contributed by atoms with Crippen molar-refractivity contribution in [1.29, 1.82) is 5.26 Å². The van der Waals surface area contributed by atoms with Crippen LogP contribution in [-0.2, 0) is 16.1 Å². The first-order valence-electron chi connectivity index (χ1n) is 5.79. The van der Waals surface area contributed by atoms with Gasteiger partial charge in [0, 0.05) is 19.4 Å². The maximum absolute atomic E-state index is 12.1. The lowest BCUT2D eigenvalue weighted by atomic mass is 9.81. The minimum absolute atomic E-state index is 0.244. The third-order valence-electron chi connectivity index (χ3n) is 3.07. The lowest BCUT2D eigenvalue weighted by Crippen LogP contribution is -2.43. The number of nitriles is 1. The maximum Gasteiger partial charge on any atom is 0.240 e. The Morgan fingerprint density at radius 2 is 2.33 bits per heavy atom. The first-order valence-corrected chi connectivity index (χ1v) is 5.79. The van der Waals surface area contributed by atoms with Gasteiger partial charge in [0.1, 0.15) is 11.7 Å². The second-order valence-corrected chi connectivity index (χ2v) is 4.19. The molecule has 18 heavy (non-hydrogen) atoms. The highest BCUT2D eigenvalue weighted by Crippen LogP contribution is 2.29. The van der Waals surface area contributed by atoms with Crippen LogP contribution in [0.2, 0.25) is 0 Å². The number of carbonyl (C=O) groups is 1. The van der Waals surface area contributed by atoms with Gasteiger partial charge in [0.05, 0.1) is 18.3 Å². The molecule has 0 saturated carbocycles. The molecule has 0 bridgehead atoms. The summed E-state index contributed by atoms with van der Waals surface area (Å²) in [6, 6.07) is 3.85. The number of rotatable bonds is 3.